The van der Waals surface area contributed by atoms with Crippen LogP contribution in [-0.4, -0.2) is 74.3 Å². The minimum atomic E-state index is -1.24. The minimum absolute atomic E-state index is 0.0412. The summed E-state index contributed by atoms with van der Waals surface area (Å²) in [7, 11) is 0. The molecule has 0 aliphatic carbocycles. The molecule has 3 amide bonds. The van der Waals surface area contributed by atoms with Gasteiger partial charge in [-0.15, -0.1) is 0 Å². The van der Waals surface area contributed by atoms with E-state index in [4.69, 9.17) is 10.8 Å². The number of rotatable bonds is 12. The number of imidazole rings is 1. The first-order chi connectivity index (χ1) is 15.7. The summed E-state index contributed by atoms with van der Waals surface area (Å²) < 4.78 is 0. The monoisotopic (exact) mass is 478 g/mol. The highest BCUT2D eigenvalue weighted by Crippen LogP contribution is 2.11. The molecule has 0 spiro atoms. The number of hydrogen-bond acceptors (Lipinski definition) is 8. The van der Waals surface area contributed by atoms with Crippen LogP contribution in [0.2, 0.25) is 0 Å². The van der Waals surface area contributed by atoms with Gasteiger partial charge in [0.2, 0.25) is 17.7 Å². The number of aromatic hydroxyl groups is 1. The highest BCUT2D eigenvalue weighted by Gasteiger charge is 2.28. The Bertz CT molecular complexity index is 952. The van der Waals surface area contributed by atoms with Crippen LogP contribution in [0, 0.1) is 0 Å². The second-order valence-electron chi connectivity index (χ2n) is 7.17. The molecule has 33 heavy (non-hydrogen) atoms. The predicted octanol–water partition coefficient (Wildman–Crippen LogP) is -1.67. The van der Waals surface area contributed by atoms with Crippen molar-refractivity contribution in [1.29, 1.82) is 0 Å². The molecule has 0 aliphatic heterocycles. The van der Waals surface area contributed by atoms with E-state index in [1.807, 2.05) is 0 Å². The fraction of sp³-hybridized carbons (Fsp3) is 0.350. The average Bonchev–Trinajstić information content (AvgIpc) is 3.29. The van der Waals surface area contributed by atoms with Gasteiger partial charge in [-0.3, -0.25) is 19.2 Å². The van der Waals surface area contributed by atoms with Crippen molar-refractivity contribution in [2.24, 2.45) is 5.73 Å². The zero-order valence-corrected chi connectivity index (χ0v) is 18.4. The number of amides is 3. The number of aromatic amines is 1. The Kier molecular flexibility index (Phi) is 9.69. The van der Waals surface area contributed by atoms with Gasteiger partial charge < -0.3 is 36.9 Å². The summed E-state index contributed by atoms with van der Waals surface area (Å²) in [6.45, 7) is -0.612. The van der Waals surface area contributed by atoms with E-state index in [-0.39, 0.29) is 24.3 Å². The lowest BCUT2D eigenvalue weighted by molar-refractivity contribution is -0.138. The third kappa shape index (κ3) is 8.46. The van der Waals surface area contributed by atoms with Crippen molar-refractivity contribution in [3.05, 3.63) is 48.0 Å². The lowest BCUT2D eigenvalue weighted by Gasteiger charge is -2.23. The summed E-state index contributed by atoms with van der Waals surface area (Å²) in [6, 6.07) is 3.01. The first kappa shape index (κ1) is 25.7. The highest BCUT2D eigenvalue weighted by atomic mass is 32.1. The molecule has 0 radical (unpaired) electrons. The van der Waals surface area contributed by atoms with Gasteiger partial charge in [0.05, 0.1) is 12.4 Å². The fourth-order valence-electron chi connectivity index (χ4n) is 2.84. The van der Waals surface area contributed by atoms with Crippen LogP contribution in [0.3, 0.4) is 0 Å². The smallest absolute Gasteiger partial charge is 0.322 e. The van der Waals surface area contributed by atoms with Crippen LogP contribution in [0.25, 0.3) is 0 Å². The molecule has 1 aromatic heterocycles. The summed E-state index contributed by atoms with van der Waals surface area (Å²) >= 11 is 4.03. The van der Waals surface area contributed by atoms with Crippen LogP contribution < -0.4 is 21.7 Å². The maximum atomic E-state index is 12.9. The molecule has 2 aromatic rings. The Balaban J connectivity index is 2.06. The van der Waals surface area contributed by atoms with Gasteiger partial charge in [0.1, 0.15) is 24.4 Å². The van der Waals surface area contributed by atoms with Crippen molar-refractivity contribution in [3.63, 3.8) is 0 Å². The third-order valence-corrected chi connectivity index (χ3v) is 4.94. The van der Waals surface area contributed by atoms with Crippen molar-refractivity contribution in [1.82, 2.24) is 25.9 Å². The van der Waals surface area contributed by atoms with Crippen molar-refractivity contribution in [3.8, 4) is 5.75 Å². The SMILES string of the molecule is NC(Cc1ccc(O)cc1)C(=O)NC(Cc1cnc[nH]1)C(=O)NC(CS)C(=O)NCC(=O)O. The quantitative estimate of drug-likeness (QED) is 0.165. The number of carboxylic acids is 1. The maximum absolute atomic E-state index is 12.9. The topological polar surface area (TPSA) is 200 Å². The van der Waals surface area contributed by atoms with Gasteiger partial charge in [-0.25, -0.2) is 4.98 Å². The van der Waals surface area contributed by atoms with Crippen LogP contribution in [0.1, 0.15) is 11.3 Å². The number of nitrogens with zero attached hydrogens (tertiary/aromatic N) is 1. The summed E-state index contributed by atoms with van der Waals surface area (Å²) in [6.07, 6.45) is 3.11. The number of carbonyl (C=O) groups excluding carboxylic acids is 3. The van der Waals surface area contributed by atoms with Crippen LogP contribution >= 0.6 is 12.6 Å². The van der Waals surface area contributed by atoms with E-state index >= 15 is 0 Å². The second-order valence-corrected chi connectivity index (χ2v) is 7.54. The van der Waals surface area contributed by atoms with Gasteiger partial charge in [0.15, 0.2) is 0 Å². The molecular formula is C20H26N6O6S. The summed E-state index contributed by atoms with van der Waals surface area (Å²) in [5.74, 6) is -3.25. The second kappa shape index (κ2) is 12.5. The molecule has 8 N–H and O–H groups in total. The molecule has 0 saturated heterocycles. The Morgan fingerprint density at radius 2 is 1.70 bits per heavy atom. The van der Waals surface area contributed by atoms with E-state index in [2.05, 4.69) is 38.5 Å². The Morgan fingerprint density at radius 1 is 1.03 bits per heavy atom. The molecular weight excluding hydrogens is 452 g/mol. The first-order valence-corrected chi connectivity index (χ1v) is 10.5. The molecule has 3 atom stereocenters. The number of phenolic OH excluding ortho intramolecular Hbond substituents is 1. The first-order valence-electron chi connectivity index (χ1n) is 9.91. The van der Waals surface area contributed by atoms with Crippen LogP contribution in [-0.2, 0) is 32.0 Å². The highest BCUT2D eigenvalue weighted by molar-refractivity contribution is 7.80. The van der Waals surface area contributed by atoms with Crippen molar-refractivity contribution < 1.29 is 29.4 Å². The number of phenols is 1. The van der Waals surface area contributed by atoms with Crippen molar-refractivity contribution in [2.75, 3.05) is 12.3 Å². The number of hydrogen-bond donors (Lipinski definition) is 8. The zero-order valence-electron chi connectivity index (χ0n) is 17.5. The third-order valence-electron chi connectivity index (χ3n) is 4.57. The molecule has 0 saturated carbocycles. The number of benzene rings is 1. The van der Waals surface area contributed by atoms with Gasteiger partial charge in [0.25, 0.3) is 0 Å². The van der Waals surface area contributed by atoms with E-state index in [9.17, 15) is 24.3 Å². The van der Waals surface area contributed by atoms with E-state index in [1.54, 1.807) is 12.1 Å². The Labute approximate surface area is 194 Å². The molecule has 178 valence electrons. The van der Waals surface area contributed by atoms with Gasteiger partial charge in [0, 0.05) is 24.1 Å². The number of thiol groups is 1. The van der Waals surface area contributed by atoms with Gasteiger partial charge >= 0.3 is 5.97 Å². The van der Waals surface area contributed by atoms with Crippen molar-refractivity contribution >= 4 is 36.3 Å². The Hall–Kier alpha value is -3.58. The van der Waals surface area contributed by atoms with Crippen LogP contribution in [0.5, 0.6) is 5.75 Å². The lowest BCUT2D eigenvalue weighted by atomic mass is 10.0. The molecule has 0 fully saturated rings. The Morgan fingerprint density at radius 3 is 2.27 bits per heavy atom. The predicted molar refractivity (Wildman–Crippen MR) is 120 cm³/mol. The van der Waals surface area contributed by atoms with E-state index in [0.717, 1.165) is 5.56 Å². The number of carbonyl (C=O) groups is 4. The number of nitrogens with two attached hydrogens (primary N) is 1. The van der Waals surface area contributed by atoms with Gasteiger partial charge in [-0.1, -0.05) is 12.1 Å². The molecule has 2 rings (SSSR count). The van der Waals surface area contributed by atoms with Crippen LogP contribution in [0.15, 0.2) is 36.8 Å². The molecule has 3 unspecified atom stereocenters. The molecule has 1 aromatic carbocycles. The van der Waals surface area contributed by atoms with Crippen LogP contribution in [0.4, 0.5) is 0 Å². The standard InChI is InChI=1S/C20H26N6O6S/c21-14(5-11-1-3-13(27)4-2-11)18(30)25-15(6-12-7-22-10-24-12)20(32)26-16(9-33)19(31)23-8-17(28)29/h1-4,7,10,14-16,27,33H,5-6,8-9,21H2,(H,22,24)(H,23,31)(H,25,30)(H,26,32)(H,28,29). The number of H-pyrrole nitrogens is 1. The lowest BCUT2D eigenvalue weighted by Crippen LogP contribution is -2.57. The molecule has 0 bridgehead atoms. The molecule has 12 nitrogen and oxygen atoms in total. The number of carboxylic acid groups (broad SMARTS) is 1. The molecule has 0 aliphatic rings. The fourth-order valence-corrected chi connectivity index (χ4v) is 3.09. The molecule has 1 heterocycles. The summed E-state index contributed by atoms with van der Waals surface area (Å²) in [5.41, 5.74) is 7.27. The maximum Gasteiger partial charge on any atom is 0.322 e. The summed E-state index contributed by atoms with van der Waals surface area (Å²) in [5, 5.41) is 25.3. The minimum Gasteiger partial charge on any atom is -0.508 e. The molecule has 13 heteroatoms. The average molecular weight is 479 g/mol. The summed E-state index contributed by atoms with van der Waals surface area (Å²) in [4.78, 5) is 55.1. The largest absolute Gasteiger partial charge is 0.508 e. The normalized spacial score (nSPS) is 13.4. The van der Waals surface area contributed by atoms with Crippen molar-refractivity contribution in [2.45, 2.75) is 31.0 Å². The number of aliphatic carboxylic acids is 1. The van der Waals surface area contributed by atoms with E-state index in [1.165, 1.54) is 24.7 Å². The number of nitrogens with one attached hydrogen (secondary N) is 4. The number of aromatic nitrogens is 2. The van der Waals surface area contributed by atoms with E-state index < -0.39 is 48.4 Å². The van der Waals surface area contributed by atoms with Gasteiger partial charge in [-0.05, 0) is 24.1 Å². The zero-order chi connectivity index (χ0) is 24.4. The van der Waals surface area contributed by atoms with Gasteiger partial charge in [-0.2, -0.15) is 12.6 Å². The van der Waals surface area contributed by atoms with E-state index in [0.29, 0.717) is 5.69 Å².